The van der Waals surface area contributed by atoms with E-state index in [2.05, 4.69) is 35.0 Å². The molecule has 2 aromatic heterocycles. The number of fused-ring (bicyclic) bond motifs is 2. The summed E-state index contributed by atoms with van der Waals surface area (Å²) < 4.78 is 2.09. The first-order valence-electron chi connectivity index (χ1n) is 7.40. The second kappa shape index (κ2) is 5.92. The number of carbonyl (C=O) groups excluding carboxylic acids is 1. The van der Waals surface area contributed by atoms with E-state index in [1.807, 2.05) is 36.5 Å². The van der Waals surface area contributed by atoms with Gasteiger partial charge in [0, 0.05) is 35.7 Å². The van der Waals surface area contributed by atoms with Crippen molar-refractivity contribution in [2.24, 2.45) is 0 Å². The molecule has 1 amide bonds. The summed E-state index contributed by atoms with van der Waals surface area (Å²) in [5.74, 6) is 0.00571. The summed E-state index contributed by atoms with van der Waals surface area (Å²) in [5.41, 5.74) is 1.84. The highest BCUT2D eigenvalue weighted by Gasteiger charge is 2.09. The fourth-order valence-electron chi connectivity index (χ4n) is 2.46. The number of rotatable bonds is 4. The third-order valence-corrected chi connectivity index (χ3v) is 3.67. The number of unbranched alkanes of at least 4 members (excludes halogenated alkanes) is 1. The van der Waals surface area contributed by atoms with Crippen LogP contribution in [0.1, 0.15) is 30.1 Å². The number of benzene rings is 1. The Kier molecular flexibility index (Phi) is 3.82. The van der Waals surface area contributed by atoms with Gasteiger partial charge in [0.2, 0.25) is 5.52 Å². The lowest BCUT2D eigenvalue weighted by Gasteiger charge is -2.05. The Bertz CT molecular complexity index is 795. The van der Waals surface area contributed by atoms with Crippen molar-refractivity contribution in [1.29, 1.82) is 0 Å². The molecule has 0 atom stereocenters. The molecule has 3 aromatic rings. The molecule has 0 unspecified atom stereocenters. The minimum absolute atomic E-state index is 0.00571. The number of pyridine rings is 2. The fraction of sp³-hybridized carbons (Fsp3) is 0.222. The number of aromatic nitrogens is 1. The van der Waals surface area contributed by atoms with E-state index in [9.17, 15) is 4.79 Å². The van der Waals surface area contributed by atoms with Gasteiger partial charge in [-0.1, -0.05) is 13.3 Å². The molecule has 0 fully saturated rings. The van der Waals surface area contributed by atoms with Gasteiger partial charge in [-0.2, -0.15) is 4.40 Å². The molecule has 0 aliphatic rings. The Hall–Kier alpha value is -2.42. The molecule has 0 radical (unpaired) electrons. The van der Waals surface area contributed by atoms with Crippen molar-refractivity contribution in [2.75, 3.05) is 6.54 Å². The smallest absolute Gasteiger partial charge is 0.251 e. The summed E-state index contributed by atoms with van der Waals surface area (Å²) in [5, 5.41) is 5.17. The minimum Gasteiger partial charge on any atom is -0.352 e. The number of nitrogens with zero attached hydrogens (tertiary/aromatic N) is 1. The van der Waals surface area contributed by atoms with Gasteiger partial charge >= 0.3 is 0 Å². The lowest BCUT2D eigenvalue weighted by atomic mass is 10.1. The van der Waals surface area contributed by atoms with Crippen LogP contribution in [0, 0.1) is 0 Å². The number of carbonyl (C=O) groups is 1. The standard InChI is InChI=1S/C18H18N2O/c1-2-3-9-19-18(21)14-7-8-15-13-20-10-5-4-6-17(20)12-16(15)11-14/h4-8,10-13H,2-3,9H2,1H3/p+1. The van der Waals surface area contributed by atoms with Gasteiger partial charge in [0.1, 0.15) is 0 Å². The van der Waals surface area contributed by atoms with Crippen LogP contribution in [-0.4, -0.2) is 12.5 Å². The zero-order valence-corrected chi connectivity index (χ0v) is 12.2. The van der Waals surface area contributed by atoms with E-state index in [1.165, 1.54) is 0 Å². The maximum Gasteiger partial charge on any atom is 0.251 e. The van der Waals surface area contributed by atoms with Crippen molar-refractivity contribution in [3.05, 3.63) is 60.4 Å². The normalized spacial score (nSPS) is 10.9. The molecule has 0 aliphatic carbocycles. The van der Waals surface area contributed by atoms with E-state index in [-0.39, 0.29) is 5.91 Å². The highest BCUT2D eigenvalue weighted by molar-refractivity contribution is 5.98. The van der Waals surface area contributed by atoms with Crippen LogP contribution in [0.15, 0.2) is 54.9 Å². The molecule has 1 aromatic carbocycles. The van der Waals surface area contributed by atoms with Gasteiger partial charge in [0.15, 0.2) is 12.4 Å². The van der Waals surface area contributed by atoms with Crippen LogP contribution in [0.2, 0.25) is 0 Å². The van der Waals surface area contributed by atoms with Crippen LogP contribution in [0.25, 0.3) is 16.3 Å². The Morgan fingerprint density at radius 3 is 2.90 bits per heavy atom. The summed E-state index contributed by atoms with van der Waals surface area (Å²) >= 11 is 0. The van der Waals surface area contributed by atoms with Crippen LogP contribution >= 0.6 is 0 Å². The van der Waals surface area contributed by atoms with Crippen LogP contribution < -0.4 is 9.72 Å². The second-order valence-corrected chi connectivity index (χ2v) is 5.26. The lowest BCUT2D eigenvalue weighted by Crippen LogP contribution is -2.24. The van der Waals surface area contributed by atoms with E-state index in [0.717, 1.165) is 41.2 Å². The molecule has 1 N–H and O–H groups in total. The quantitative estimate of drug-likeness (QED) is 0.444. The number of nitrogens with one attached hydrogen (secondary N) is 1. The highest BCUT2D eigenvalue weighted by Crippen LogP contribution is 2.16. The first kappa shape index (κ1) is 13.6. The first-order chi connectivity index (χ1) is 10.3. The third kappa shape index (κ3) is 2.87. The SMILES string of the molecule is CCCCNC(=O)c1ccc2c[n+]3ccccc3cc2c1. The van der Waals surface area contributed by atoms with Crippen LogP contribution in [0.3, 0.4) is 0 Å². The molecule has 21 heavy (non-hydrogen) atoms. The third-order valence-electron chi connectivity index (χ3n) is 3.67. The van der Waals surface area contributed by atoms with Crippen molar-refractivity contribution in [1.82, 2.24) is 5.32 Å². The maximum atomic E-state index is 12.1. The molecule has 0 saturated carbocycles. The molecule has 0 aliphatic heterocycles. The Balaban J connectivity index is 1.95. The summed E-state index contributed by atoms with van der Waals surface area (Å²) in [6.45, 7) is 2.85. The minimum atomic E-state index is 0.00571. The predicted molar refractivity (Wildman–Crippen MR) is 84.3 cm³/mol. The molecule has 2 heterocycles. The van der Waals surface area contributed by atoms with Crippen molar-refractivity contribution in [3.63, 3.8) is 0 Å². The summed E-state index contributed by atoms with van der Waals surface area (Å²) in [7, 11) is 0. The van der Waals surface area contributed by atoms with Gasteiger partial charge in [-0.15, -0.1) is 0 Å². The molecule has 3 nitrogen and oxygen atoms in total. The van der Waals surface area contributed by atoms with Crippen molar-refractivity contribution in [3.8, 4) is 0 Å². The van der Waals surface area contributed by atoms with Gasteiger partial charge < -0.3 is 5.32 Å². The van der Waals surface area contributed by atoms with Crippen LogP contribution in [-0.2, 0) is 0 Å². The van der Waals surface area contributed by atoms with Crippen LogP contribution in [0.5, 0.6) is 0 Å². The number of amides is 1. The van der Waals surface area contributed by atoms with Crippen LogP contribution in [0.4, 0.5) is 0 Å². The number of hydrogen-bond donors (Lipinski definition) is 1. The molecule has 106 valence electrons. The molecule has 0 spiro atoms. The monoisotopic (exact) mass is 279 g/mol. The molecule has 0 bridgehead atoms. The van der Waals surface area contributed by atoms with E-state index in [1.54, 1.807) is 0 Å². The van der Waals surface area contributed by atoms with Gasteiger partial charge in [-0.25, -0.2) is 0 Å². The lowest BCUT2D eigenvalue weighted by molar-refractivity contribution is -0.510. The van der Waals surface area contributed by atoms with Gasteiger partial charge in [-0.3, -0.25) is 4.79 Å². The summed E-state index contributed by atoms with van der Waals surface area (Å²) in [6, 6.07) is 14.1. The van der Waals surface area contributed by atoms with Gasteiger partial charge in [0.05, 0.1) is 0 Å². The van der Waals surface area contributed by atoms with Crippen molar-refractivity contribution < 1.29 is 9.20 Å². The maximum absolute atomic E-state index is 12.1. The van der Waals surface area contributed by atoms with Gasteiger partial charge in [-0.05, 0) is 36.1 Å². The fourth-order valence-corrected chi connectivity index (χ4v) is 2.46. The average Bonchev–Trinajstić information content (AvgIpc) is 2.52. The van der Waals surface area contributed by atoms with Gasteiger partial charge in [0.25, 0.3) is 5.91 Å². The Labute approximate surface area is 124 Å². The summed E-state index contributed by atoms with van der Waals surface area (Å²) in [6.07, 6.45) is 6.21. The zero-order valence-electron chi connectivity index (χ0n) is 12.2. The topological polar surface area (TPSA) is 33.2 Å². The molecule has 3 rings (SSSR count). The van der Waals surface area contributed by atoms with E-state index in [4.69, 9.17) is 0 Å². The Morgan fingerprint density at radius 1 is 1.14 bits per heavy atom. The first-order valence-corrected chi connectivity index (χ1v) is 7.40. The number of hydrogen-bond acceptors (Lipinski definition) is 1. The highest BCUT2D eigenvalue weighted by atomic mass is 16.1. The largest absolute Gasteiger partial charge is 0.352 e. The Morgan fingerprint density at radius 2 is 2.05 bits per heavy atom. The molecular formula is C18H19N2O+. The predicted octanol–water partition coefficient (Wildman–Crippen LogP) is 3.11. The van der Waals surface area contributed by atoms with E-state index >= 15 is 0 Å². The average molecular weight is 279 g/mol. The molecule has 3 heteroatoms. The molecule has 0 saturated heterocycles. The zero-order chi connectivity index (χ0) is 14.7. The van der Waals surface area contributed by atoms with E-state index < -0.39 is 0 Å². The second-order valence-electron chi connectivity index (χ2n) is 5.26. The summed E-state index contributed by atoms with van der Waals surface area (Å²) in [4.78, 5) is 12.1. The molecular weight excluding hydrogens is 260 g/mol. The van der Waals surface area contributed by atoms with Crippen molar-refractivity contribution in [2.45, 2.75) is 19.8 Å². The van der Waals surface area contributed by atoms with Crippen molar-refractivity contribution >= 4 is 22.2 Å². The van der Waals surface area contributed by atoms with E-state index in [0.29, 0.717) is 0 Å².